The van der Waals surface area contributed by atoms with Gasteiger partial charge in [0, 0.05) is 0 Å². The first kappa shape index (κ1) is 11.6. The molecule has 88 valence electrons. The second kappa shape index (κ2) is 4.58. The number of benzene rings is 2. The van der Waals surface area contributed by atoms with Gasteiger partial charge in [-0.25, -0.2) is 0 Å². The van der Waals surface area contributed by atoms with Crippen LogP contribution >= 0.6 is 0 Å². The topological polar surface area (TPSA) is 37.3 Å². The summed E-state index contributed by atoms with van der Waals surface area (Å²) in [5, 5.41) is 11.3. The highest BCUT2D eigenvalue weighted by molar-refractivity contribution is 5.85. The lowest BCUT2D eigenvalue weighted by Gasteiger charge is -2.08. The van der Waals surface area contributed by atoms with Gasteiger partial charge in [0.25, 0.3) is 0 Å². The molecule has 2 nitrogen and oxygen atoms in total. The molecular formula is C15H16O2. The maximum absolute atomic E-state index is 10.9. The Bertz CT molecular complexity index is 558. The SMILES string of the molecule is CCc1ccc2cc([C@@H](C)C(=O)O)ccc2c1. The molecular weight excluding hydrogens is 212 g/mol. The summed E-state index contributed by atoms with van der Waals surface area (Å²) in [6, 6.07) is 12.2. The van der Waals surface area contributed by atoms with Crippen LogP contribution in [0.2, 0.25) is 0 Å². The molecule has 0 saturated heterocycles. The summed E-state index contributed by atoms with van der Waals surface area (Å²) in [5.41, 5.74) is 2.16. The van der Waals surface area contributed by atoms with Crippen LogP contribution in [0.25, 0.3) is 10.8 Å². The van der Waals surface area contributed by atoms with E-state index in [0.29, 0.717) is 0 Å². The summed E-state index contributed by atoms with van der Waals surface area (Å²) in [4.78, 5) is 10.9. The second-order valence-corrected chi connectivity index (χ2v) is 4.35. The van der Waals surface area contributed by atoms with E-state index in [4.69, 9.17) is 5.11 Å². The molecule has 1 N–H and O–H groups in total. The van der Waals surface area contributed by atoms with Crippen LogP contribution < -0.4 is 0 Å². The zero-order valence-electron chi connectivity index (χ0n) is 10.1. The monoisotopic (exact) mass is 228 g/mol. The summed E-state index contributed by atoms with van der Waals surface area (Å²) in [5.74, 6) is -1.24. The number of carboxylic acid groups (broad SMARTS) is 1. The van der Waals surface area contributed by atoms with E-state index in [9.17, 15) is 4.79 Å². The van der Waals surface area contributed by atoms with Gasteiger partial charge in [0.1, 0.15) is 0 Å². The molecule has 0 aliphatic heterocycles. The summed E-state index contributed by atoms with van der Waals surface area (Å²) >= 11 is 0. The molecule has 2 aromatic rings. The lowest BCUT2D eigenvalue weighted by atomic mass is 9.97. The number of rotatable bonds is 3. The molecule has 0 spiro atoms. The van der Waals surface area contributed by atoms with Gasteiger partial charge in [-0.05, 0) is 35.2 Å². The highest BCUT2D eigenvalue weighted by Gasteiger charge is 2.13. The number of aliphatic carboxylic acids is 1. The normalized spacial score (nSPS) is 12.6. The minimum absolute atomic E-state index is 0.453. The fourth-order valence-electron chi connectivity index (χ4n) is 1.95. The predicted octanol–water partition coefficient (Wildman–Crippen LogP) is 3.59. The van der Waals surface area contributed by atoms with Crippen LogP contribution in [0.3, 0.4) is 0 Å². The van der Waals surface area contributed by atoms with E-state index in [1.54, 1.807) is 6.92 Å². The van der Waals surface area contributed by atoms with Crippen molar-refractivity contribution in [3.8, 4) is 0 Å². The quantitative estimate of drug-likeness (QED) is 0.871. The highest BCUT2D eigenvalue weighted by atomic mass is 16.4. The first-order valence-electron chi connectivity index (χ1n) is 5.87. The molecule has 2 rings (SSSR count). The third-order valence-electron chi connectivity index (χ3n) is 3.21. The molecule has 1 atom stereocenters. The van der Waals surface area contributed by atoms with Crippen molar-refractivity contribution in [3.05, 3.63) is 47.5 Å². The highest BCUT2D eigenvalue weighted by Crippen LogP contribution is 2.23. The summed E-state index contributed by atoms with van der Waals surface area (Å²) < 4.78 is 0. The van der Waals surface area contributed by atoms with Crippen LogP contribution in [0, 0.1) is 0 Å². The maximum atomic E-state index is 10.9. The van der Waals surface area contributed by atoms with Crippen LogP contribution in [0.4, 0.5) is 0 Å². The first-order valence-corrected chi connectivity index (χ1v) is 5.87. The number of fused-ring (bicyclic) bond motifs is 1. The first-order chi connectivity index (χ1) is 8.11. The van der Waals surface area contributed by atoms with Crippen LogP contribution in [0.5, 0.6) is 0 Å². The predicted molar refractivity (Wildman–Crippen MR) is 69.4 cm³/mol. The number of carboxylic acids is 1. The molecule has 0 aliphatic carbocycles. The molecule has 2 aromatic carbocycles. The maximum Gasteiger partial charge on any atom is 0.310 e. The van der Waals surface area contributed by atoms with Gasteiger partial charge in [0.15, 0.2) is 0 Å². The average molecular weight is 228 g/mol. The Morgan fingerprint density at radius 3 is 2.47 bits per heavy atom. The molecule has 0 bridgehead atoms. The van der Waals surface area contributed by atoms with E-state index < -0.39 is 11.9 Å². The molecule has 0 fully saturated rings. The van der Waals surface area contributed by atoms with E-state index in [1.165, 1.54) is 10.9 Å². The molecule has 0 amide bonds. The summed E-state index contributed by atoms with van der Waals surface area (Å²) in [6.45, 7) is 3.84. The Labute approximate surface area is 101 Å². The van der Waals surface area contributed by atoms with E-state index in [2.05, 4.69) is 25.1 Å². The fourth-order valence-corrected chi connectivity index (χ4v) is 1.95. The van der Waals surface area contributed by atoms with E-state index in [-0.39, 0.29) is 0 Å². The van der Waals surface area contributed by atoms with Crippen molar-refractivity contribution in [1.29, 1.82) is 0 Å². The molecule has 2 heteroatoms. The fraction of sp³-hybridized carbons (Fsp3) is 0.267. The third-order valence-corrected chi connectivity index (χ3v) is 3.21. The van der Waals surface area contributed by atoms with Crippen LogP contribution in [0.1, 0.15) is 30.9 Å². The third kappa shape index (κ3) is 2.31. The van der Waals surface area contributed by atoms with Gasteiger partial charge in [-0.2, -0.15) is 0 Å². The van der Waals surface area contributed by atoms with Gasteiger partial charge in [0.05, 0.1) is 5.92 Å². The van der Waals surface area contributed by atoms with Crippen molar-refractivity contribution >= 4 is 16.7 Å². The van der Waals surface area contributed by atoms with Crippen molar-refractivity contribution in [2.24, 2.45) is 0 Å². The Morgan fingerprint density at radius 1 is 1.18 bits per heavy atom. The number of aryl methyl sites for hydroxylation is 1. The largest absolute Gasteiger partial charge is 0.481 e. The minimum atomic E-state index is -0.783. The van der Waals surface area contributed by atoms with E-state index in [1.807, 2.05) is 18.2 Å². The molecule has 0 aromatic heterocycles. The molecule has 0 heterocycles. The van der Waals surface area contributed by atoms with Crippen molar-refractivity contribution in [3.63, 3.8) is 0 Å². The summed E-state index contributed by atoms with van der Waals surface area (Å²) in [7, 11) is 0. The zero-order valence-corrected chi connectivity index (χ0v) is 10.1. The van der Waals surface area contributed by atoms with Crippen LogP contribution in [-0.2, 0) is 11.2 Å². The zero-order chi connectivity index (χ0) is 12.4. The van der Waals surface area contributed by atoms with Gasteiger partial charge in [-0.3, -0.25) is 4.79 Å². The van der Waals surface area contributed by atoms with Gasteiger partial charge in [-0.1, -0.05) is 43.3 Å². The van der Waals surface area contributed by atoms with Gasteiger partial charge >= 0.3 is 5.97 Å². The van der Waals surface area contributed by atoms with Crippen molar-refractivity contribution in [2.45, 2.75) is 26.2 Å². The van der Waals surface area contributed by atoms with Crippen molar-refractivity contribution in [1.82, 2.24) is 0 Å². The minimum Gasteiger partial charge on any atom is -0.481 e. The van der Waals surface area contributed by atoms with E-state index in [0.717, 1.165) is 17.4 Å². The molecule has 0 aliphatic rings. The lowest BCUT2D eigenvalue weighted by Crippen LogP contribution is -2.07. The Kier molecular flexibility index (Phi) is 3.14. The summed E-state index contributed by atoms with van der Waals surface area (Å²) in [6.07, 6.45) is 1.02. The van der Waals surface area contributed by atoms with Crippen molar-refractivity contribution in [2.75, 3.05) is 0 Å². The Morgan fingerprint density at radius 2 is 1.82 bits per heavy atom. The standard InChI is InChI=1S/C15H16O2/c1-3-11-4-5-14-9-12(10(2)15(16)17)6-7-13(14)8-11/h4-10H,3H2,1-2H3,(H,16,17)/t10-/m1/s1. The number of hydrogen-bond donors (Lipinski definition) is 1. The second-order valence-electron chi connectivity index (χ2n) is 4.35. The number of hydrogen-bond acceptors (Lipinski definition) is 1. The molecule has 17 heavy (non-hydrogen) atoms. The number of carbonyl (C=O) groups is 1. The smallest absolute Gasteiger partial charge is 0.310 e. The molecule has 0 saturated carbocycles. The average Bonchev–Trinajstić information content (AvgIpc) is 2.36. The van der Waals surface area contributed by atoms with Gasteiger partial charge in [0.2, 0.25) is 0 Å². The Balaban J connectivity index is 2.48. The molecule has 0 unspecified atom stereocenters. The van der Waals surface area contributed by atoms with Crippen LogP contribution in [-0.4, -0.2) is 11.1 Å². The van der Waals surface area contributed by atoms with E-state index >= 15 is 0 Å². The van der Waals surface area contributed by atoms with Gasteiger partial charge in [-0.15, -0.1) is 0 Å². The van der Waals surface area contributed by atoms with Crippen molar-refractivity contribution < 1.29 is 9.90 Å². The van der Waals surface area contributed by atoms with Crippen LogP contribution in [0.15, 0.2) is 36.4 Å². The molecule has 0 radical (unpaired) electrons. The van der Waals surface area contributed by atoms with Gasteiger partial charge < -0.3 is 5.11 Å². The Hall–Kier alpha value is -1.83. The lowest BCUT2D eigenvalue weighted by molar-refractivity contribution is -0.138.